The molecule has 0 saturated heterocycles. The van der Waals surface area contributed by atoms with Crippen LogP contribution >= 0.6 is 0 Å². The van der Waals surface area contributed by atoms with Crippen LogP contribution in [0.25, 0.3) is 0 Å². The van der Waals surface area contributed by atoms with E-state index in [-0.39, 0.29) is 29.8 Å². The van der Waals surface area contributed by atoms with Gasteiger partial charge in [-0.3, -0.25) is 4.79 Å². The molecular weight excluding hydrogens is 268 g/mol. The Bertz CT molecular complexity index is 558. The van der Waals surface area contributed by atoms with Crippen molar-refractivity contribution in [1.82, 2.24) is 10.1 Å². The van der Waals surface area contributed by atoms with E-state index in [1.54, 1.807) is 0 Å². The van der Waals surface area contributed by atoms with Gasteiger partial charge in [0, 0.05) is 12.2 Å². The second-order valence-corrected chi connectivity index (χ2v) is 7.51. The number of carbonyl (C=O) groups excluding carboxylic acids is 1. The molecule has 1 unspecified atom stereocenters. The molecule has 0 radical (unpaired) electrons. The Labute approximate surface area is 112 Å². The Balaban J connectivity index is 2.03. The summed E-state index contributed by atoms with van der Waals surface area (Å²) in [5, 5.41) is 2.83. The van der Waals surface area contributed by atoms with Gasteiger partial charge in [0.25, 0.3) is 0 Å². The Morgan fingerprint density at radius 1 is 1.42 bits per heavy atom. The maximum atomic E-state index is 11.9. The van der Waals surface area contributed by atoms with E-state index in [1.807, 2.05) is 0 Å². The topological polar surface area (TPSA) is 90.1 Å². The van der Waals surface area contributed by atoms with E-state index >= 15 is 0 Å². The molecule has 1 aliphatic rings. The third-order valence-corrected chi connectivity index (χ3v) is 5.12. The maximum absolute atomic E-state index is 11.9. The van der Waals surface area contributed by atoms with E-state index in [4.69, 9.17) is 4.52 Å². The largest absolute Gasteiger partial charge is 0.339 e. The van der Waals surface area contributed by atoms with E-state index in [0.717, 1.165) is 31.9 Å². The van der Waals surface area contributed by atoms with E-state index in [1.165, 1.54) is 6.92 Å². The zero-order valence-corrected chi connectivity index (χ0v) is 11.9. The molecule has 106 valence electrons. The van der Waals surface area contributed by atoms with Gasteiger partial charge < -0.3 is 4.52 Å². The minimum absolute atomic E-state index is 0.0997. The van der Waals surface area contributed by atoms with Crippen molar-refractivity contribution in [3.8, 4) is 0 Å². The van der Waals surface area contributed by atoms with Crippen molar-refractivity contribution in [2.45, 2.75) is 44.3 Å². The van der Waals surface area contributed by atoms with Crippen molar-refractivity contribution in [1.29, 1.82) is 0 Å². The Morgan fingerprint density at radius 3 is 2.63 bits per heavy atom. The monoisotopic (exact) mass is 286 g/mol. The quantitative estimate of drug-likeness (QED) is 0.814. The number of nitrogens with zero attached hydrogens (tertiary/aromatic N) is 2. The summed E-state index contributed by atoms with van der Waals surface area (Å²) in [4.78, 5) is 16.0. The SMILES string of the molecule is CC(c1noc(CC(=O)C2CCCC2)n1)S(C)(=O)=O. The molecule has 1 fully saturated rings. The van der Waals surface area contributed by atoms with Gasteiger partial charge in [-0.05, 0) is 19.8 Å². The highest BCUT2D eigenvalue weighted by atomic mass is 32.2. The lowest BCUT2D eigenvalue weighted by Crippen LogP contribution is -2.14. The first-order chi connectivity index (χ1) is 8.88. The molecule has 1 atom stereocenters. The van der Waals surface area contributed by atoms with Crippen LogP contribution in [0.2, 0.25) is 0 Å². The number of hydrogen-bond acceptors (Lipinski definition) is 6. The molecule has 0 N–H and O–H groups in total. The molecule has 7 heteroatoms. The summed E-state index contributed by atoms with van der Waals surface area (Å²) >= 11 is 0. The lowest BCUT2D eigenvalue weighted by Gasteiger charge is -2.04. The van der Waals surface area contributed by atoms with Crippen LogP contribution in [0.3, 0.4) is 0 Å². The van der Waals surface area contributed by atoms with E-state index < -0.39 is 15.1 Å². The summed E-state index contributed by atoms with van der Waals surface area (Å²) in [6.45, 7) is 1.50. The van der Waals surface area contributed by atoms with Gasteiger partial charge in [0.15, 0.2) is 15.7 Å². The second kappa shape index (κ2) is 5.40. The molecule has 19 heavy (non-hydrogen) atoms. The molecule has 0 amide bonds. The highest BCUT2D eigenvalue weighted by Crippen LogP contribution is 2.26. The van der Waals surface area contributed by atoms with Crippen LogP contribution in [-0.2, 0) is 21.1 Å². The van der Waals surface area contributed by atoms with Crippen LogP contribution in [0, 0.1) is 5.92 Å². The fourth-order valence-electron chi connectivity index (χ4n) is 2.24. The van der Waals surface area contributed by atoms with Gasteiger partial charge in [-0.1, -0.05) is 18.0 Å². The van der Waals surface area contributed by atoms with E-state index in [2.05, 4.69) is 10.1 Å². The first-order valence-corrected chi connectivity index (χ1v) is 8.37. The Kier molecular flexibility index (Phi) is 4.03. The lowest BCUT2D eigenvalue weighted by molar-refractivity contribution is -0.122. The summed E-state index contributed by atoms with van der Waals surface area (Å²) in [5.74, 6) is 0.543. The molecule has 6 nitrogen and oxygen atoms in total. The van der Waals surface area contributed by atoms with Crippen LogP contribution in [0.15, 0.2) is 4.52 Å². The Morgan fingerprint density at radius 2 is 2.05 bits per heavy atom. The first kappa shape index (κ1) is 14.2. The van der Waals surface area contributed by atoms with E-state index in [9.17, 15) is 13.2 Å². The van der Waals surface area contributed by atoms with Crippen molar-refractivity contribution in [3.05, 3.63) is 11.7 Å². The highest BCUT2D eigenvalue weighted by molar-refractivity contribution is 7.90. The molecular formula is C12H18N2O4S. The number of rotatable bonds is 5. The fraction of sp³-hybridized carbons (Fsp3) is 0.750. The predicted molar refractivity (Wildman–Crippen MR) is 68.2 cm³/mol. The molecule has 0 aromatic carbocycles. The number of Topliss-reactive ketones (excluding diaryl/α,β-unsaturated/α-hetero) is 1. The van der Waals surface area contributed by atoms with Crippen LogP contribution in [0.4, 0.5) is 0 Å². The van der Waals surface area contributed by atoms with Crippen molar-refractivity contribution in [2.24, 2.45) is 5.92 Å². The fourth-order valence-corrected chi connectivity index (χ4v) is 2.72. The summed E-state index contributed by atoms with van der Waals surface area (Å²) in [7, 11) is -3.26. The van der Waals surface area contributed by atoms with Crippen molar-refractivity contribution in [2.75, 3.05) is 6.26 Å². The number of aromatic nitrogens is 2. The zero-order chi connectivity index (χ0) is 14.0. The van der Waals surface area contributed by atoms with Gasteiger partial charge in [0.1, 0.15) is 11.0 Å². The normalized spacial score (nSPS) is 18.6. The number of sulfone groups is 1. The molecule has 1 aromatic heterocycles. The Hall–Kier alpha value is -1.24. The average Bonchev–Trinajstić information content (AvgIpc) is 2.97. The molecule has 1 aliphatic carbocycles. The summed E-state index contributed by atoms with van der Waals surface area (Å²) in [6, 6.07) is 0. The van der Waals surface area contributed by atoms with Gasteiger partial charge in [-0.25, -0.2) is 8.42 Å². The molecule has 2 rings (SSSR count). The van der Waals surface area contributed by atoms with Gasteiger partial charge in [0.2, 0.25) is 5.89 Å². The maximum Gasteiger partial charge on any atom is 0.234 e. The minimum Gasteiger partial charge on any atom is -0.339 e. The predicted octanol–water partition coefficient (Wildman–Crippen LogP) is 1.48. The number of ketones is 1. The standard InChI is InChI=1S/C12H18N2O4S/c1-8(19(2,16)17)12-13-11(18-14-12)7-10(15)9-5-3-4-6-9/h8-9H,3-7H2,1-2H3. The van der Waals surface area contributed by atoms with Gasteiger partial charge >= 0.3 is 0 Å². The van der Waals surface area contributed by atoms with Crippen molar-refractivity contribution in [3.63, 3.8) is 0 Å². The third kappa shape index (κ3) is 3.40. The van der Waals surface area contributed by atoms with Crippen LogP contribution < -0.4 is 0 Å². The average molecular weight is 286 g/mol. The van der Waals surface area contributed by atoms with Gasteiger partial charge in [-0.15, -0.1) is 0 Å². The highest BCUT2D eigenvalue weighted by Gasteiger charge is 2.26. The molecule has 1 heterocycles. The molecule has 0 bridgehead atoms. The lowest BCUT2D eigenvalue weighted by atomic mass is 10.0. The summed E-state index contributed by atoms with van der Waals surface area (Å²) in [6.07, 6.45) is 5.28. The molecule has 1 saturated carbocycles. The zero-order valence-electron chi connectivity index (χ0n) is 11.1. The first-order valence-electron chi connectivity index (χ1n) is 6.42. The van der Waals surface area contributed by atoms with E-state index in [0.29, 0.717) is 0 Å². The third-order valence-electron chi connectivity index (χ3n) is 3.63. The van der Waals surface area contributed by atoms with Gasteiger partial charge in [0.05, 0.1) is 6.42 Å². The summed E-state index contributed by atoms with van der Waals surface area (Å²) < 4.78 is 27.7. The number of hydrogen-bond donors (Lipinski definition) is 0. The van der Waals surface area contributed by atoms with Crippen LogP contribution in [0.1, 0.15) is 49.6 Å². The van der Waals surface area contributed by atoms with Crippen LogP contribution in [0.5, 0.6) is 0 Å². The molecule has 1 aromatic rings. The second-order valence-electron chi connectivity index (χ2n) is 5.14. The van der Waals surface area contributed by atoms with Crippen molar-refractivity contribution >= 4 is 15.6 Å². The minimum atomic E-state index is -3.26. The summed E-state index contributed by atoms with van der Waals surface area (Å²) in [5.41, 5.74) is 0. The molecule has 0 spiro atoms. The number of carbonyl (C=O) groups is 1. The molecule has 0 aliphatic heterocycles. The van der Waals surface area contributed by atoms with Crippen molar-refractivity contribution < 1.29 is 17.7 Å². The van der Waals surface area contributed by atoms with Crippen LogP contribution in [-0.4, -0.2) is 30.6 Å². The smallest absolute Gasteiger partial charge is 0.234 e. The van der Waals surface area contributed by atoms with Gasteiger partial charge in [-0.2, -0.15) is 4.98 Å².